The van der Waals surface area contributed by atoms with Crippen LogP contribution in [0, 0.1) is 5.92 Å². The van der Waals surface area contributed by atoms with Crippen LogP contribution < -0.4 is 5.73 Å². The van der Waals surface area contributed by atoms with Gasteiger partial charge in [0.2, 0.25) is 0 Å². The second-order valence-electron chi connectivity index (χ2n) is 5.32. The molecule has 2 heterocycles. The van der Waals surface area contributed by atoms with E-state index in [-0.39, 0.29) is 0 Å². The van der Waals surface area contributed by atoms with Crippen molar-refractivity contribution in [3.8, 4) is 0 Å². The molecule has 3 nitrogen and oxygen atoms in total. The zero-order valence-corrected chi connectivity index (χ0v) is 10.2. The van der Waals surface area contributed by atoms with E-state index in [1.807, 2.05) is 0 Å². The highest BCUT2D eigenvalue weighted by Crippen LogP contribution is 2.23. The molecule has 0 aliphatic carbocycles. The highest BCUT2D eigenvalue weighted by molar-refractivity contribution is 4.89. The van der Waals surface area contributed by atoms with Crippen LogP contribution in [0.5, 0.6) is 0 Å². The van der Waals surface area contributed by atoms with E-state index in [2.05, 4.69) is 23.8 Å². The van der Waals surface area contributed by atoms with Gasteiger partial charge in [-0.25, -0.2) is 0 Å². The summed E-state index contributed by atoms with van der Waals surface area (Å²) in [5, 5.41) is 0. The minimum Gasteiger partial charge on any atom is -0.327 e. The first kappa shape index (κ1) is 11.4. The summed E-state index contributed by atoms with van der Waals surface area (Å²) in [7, 11) is 2.23. The van der Waals surface area contributed by atoms with Gasteiger partial charge in [0.25, 0.3) is 0 Å². The molecule has 0 aromatic heterocycles. The molecule has 15 heavy (non-hydrogen) atoms. The van der Waals surface area contributed by atoms with E-state index in [0.29, 0.717) is 6.04 Å². The van der Waals surface area contributed by atoms with Gasteiger partial charge in [0, 0.05) is 25.2 Å². The van der Waals surface area contributed by atoms with E-state index in [9.17, 15) is 0 Å². The highest BCUT2D eigenvalue weighted by Gasteiger charge is 2.32. The third-order valence-corrected chi connectivity index (χ3v) is 4.23. The first-order valence-electron chi connectivity index (χ1n) is 6.39. The van der Waals surface area contributed by atoms with Gasteiger partial charge in [-0.1, -0.05) is 13.3 Å². The normalized spacial score (nSPS) is 39.8. The summed E-state index contributed by atoms with van der Waals surface area (Å²) in [4.78, 5) is 5.13. The lowest BCUT2D eigenvalue weighted by atomic mass is 9.90. The molecule has 0 aromatic carbocycles. The Hall–Kier alpha value is -0.120. The first-order valence-corrected chi connectivity index (χ1v) is 6.39. The molecule has 2 saturated heterocycles. The molecule has 0 amide bonds. The summed E-state index contributed by atoms with van der Waals surface area (Å²) in [5.41, 5.74) is 6.14. The minimum absolute atomic E-state index is 0.449. The van der Waals surface area contributed by atoms with Crippen molar-refractivity contribution in [1.82, 2.24) is 9.80 Å². The predicted molar refractivity (Wildman–Crippen MR) is 63.8 cm³/mol. The lowest BCUT2D eigenvalue weighted by Gasteiger charge is -2.39. The lowest BCUT2D eigenvalue weighted by Crippen LogP contribution is -2.51. The van der Waals surface area contributed by atoms with Crippen molar-refractivity contribution in [2.45, 2.75) is 38.3 Å². The van der Waals surface area contributed by atoms with Crippen molar-refractivity contribution in [2.75, 3.05) is 33.2 Å². The van der Waals surface area contributed by atoms with Gasteiger partial charge in [0.15, 0.2) is 0 Å². The number of nitrogens with zero attached hydrogens (tertiary/aromatic N) is 2. The maximum atomic E-state index is 6.14. The quantitative estimate of drug-likeness (QED) is 0.731. The van der Waals surface area contributed by atoms with Gasteiger partial charge < -0.3 is 10.6 Å². The third kappa shape index (κ3) is 2.52. The molecule has 2 rings (SSSR count). The van der Waals surface area contributed by atoms with E-state index >= 15 is 0 Å². The topological polar surface area (TPSA) is 32.5 Å². The molecule has 88 valence electrons. The van der Waals surface area contributed by atoms with Crippen LogP contribution in [0.25, 0.3) is 0 Å². The number of likely N-dealkylation sites (N-methyl/N-ethyl adjacent to an activating group) is 1. The van der Waals surface area contributed by atoms with Gasteiger partial charge in [-0.2, -0.15) is 0 Å². The summed E-state index contributed by atoms with van der Waals surface area (Å²) in [6, 6.07) is 1.25. The fourth-order valence-electron chi connectivity index (χ4n) is 3.05. The summed E-state index contributed by atoms with van der Waals surface area (Å²) >= 11 is 0. The Kier molecular flexibility index (Phi) is 3.65. The number of nitrogens with two attached hydrogens (primary N) is 1. The van der Waals surface area contributed by atoms with Crippen LogP contribution in [0.2, 0.25) is 0 Å². The molecule has 3 heteroatoms. The van der Waals surface area contributed by atoms with Crippen molar-refractivity contribution in [3.05, 3.63) is 0 Å². The lowest BCUT2D eigenvalue weighted by molar-refractivity contribution is 0.110. The summed E-state index contributed by atoms with van der Waals surface area (Å²) < 4.78 is 0. The maximum Gasteiger partial charge on any atom is 0.0235 e. The van der Waals surface area contributed by atoms with E-state index in [1.165, 1.54) is 45.4 Å². The van der Waals surface area contributed by atoms with Crippen LogP contribution >= 0.6 is 0 Å². The standard InChI is InChI=1S/C12H25N3/c1-3-10-8-15(7-5-12(10)13)11-4-6-14(2)9-11/h10-12H,3-9,13H2,1-2H3. The Bertz CT molecular complexity index is 207. The molecule has 2 aliphatic heterocycles. The van der Waals surface area contributed by atoms with Gasteiger partial charge in [0.05, 0.1) is 0 Å². The molecule has 3 unspecified atom stereocenters. The van der Waals surface area contributed by atoms with Gasteiger partial charge in [-0.3, -0.25) is 4.90 Å². The van der Waals surface area contributed by atoms with Crippen molar-refractivity contribution >= 4 is 0 Å². The smallest absolute Gasteiger partial charge is 0.0235 e. The van der Waals surface area contributed by atoms with Crippen molar-refractivity contribution in [1.29, 1.82) is 0 Å². The van der Waals surface area contributed by atoms with Crippen molar-refractivity contribution < 1.29 is 0 Å². The Balaban J connectivity index is 1.88. The van der Waals surface area contributed by atoms with Crippen LogP contribution in [-0.4, -0.2) is 55.1 Å². The van der Waals surface area contributed by atoms with Crippen LogP contribution in [0.3, 0.4) is 0 Å². The number of rotatable bonds is 2. The third-order valence-electron chi connectivity index (χ3n) is 4.23. The minimum atomic E-state index is 0.449. The number of hydrogen-bond acceptors (Lipinski definition) is 3. The predicted octanol–water partition coefficient (Wildman–Crippen LogP) is 0.750. The van der Waals surface area contributed by atoms with Crippen molar-refractivity contribution in [2.24, 2.45) is 11.7 Å². The molecule has 2 fully saturated rings. The van der Waals surface area contributed by atoms with Gasteiger partial charge in [-0.15, -0.1) is 0 Å². The zero-order valence-electron chi connectivity index (χ0n) is 10.2. The van der Waals surface area contributed by atoms with Crippen LogP contribution in [-0.2, 0) is 0 Å². The Morgan fingerprint density at radius 1 is 1.20 bits per heavy atom. The van der Waals surface area contributed by atoms with E-state index in [0.717, 1.165) is 12.0 Å². The summed E-state index contributed by atoms with van der Waals surface area (Å²) in [6.07, 6.45) is 3.78. The molecule has 0 bridgehead atoms. The Morgan fingerprint density at radius 3 is 2.60 bits per heavy atom. The average molecular weight is 211 g/mol. The Labute approximate surface area is 93.6 Å². The van der Waals surface area contributed by atoms with Gasteiger partial charge in [0.1, 0.15) is 0 Å². The fourth-order valence-corrected chi connectivity index (χ4v) is 3.05. The Morgan fingerprint density at radius 2 is 2.00 bits per heavy atom. The van der Waals surface area contributed by atoms with Crippen LogP contribution in [0.1, 0.15) is 26.2 Å². The fraction of sp³-hybridized carbons (Fsp3) is 1.00. The van der Waals surface area contributed by atoms with Crippen LogP contribution in [0.15, 0.2) is 0 Å². The number of hydrogen-bond donors (Lipinski definition) is 1. The maximum absolute atomic E-state index is 6.14. The van der Waals surface area contributed by atoms with Crippen LogP contribution in [0.4, 0.5) is 0 Å². The van der Waals surface area contributed by atoms with Gasteiger partial charge in [-0.05, 0) is 38.9 Å². The van der Waals surface area contributed by atoms with E-state index < -0.39 is 0 Å². The second kappa shape index (κ2) is 4.81. The van der Waals surface area contributed by atoms with Crippen molar-refractivity contribution in [3.63, 3.8) is 0 Å². The second-order valence-corrected chi connectivity index (χ2v) is 5.32. The monoisotopic (exact) mass is 211 g/mol. The summed E-state index contributed by atoms with van der Waals surface area (Å²) in [5.74, 6) is 0.727. The molecule has 0 radical (unpaired) electrons. The van der Waals surface area contributed by atoms with Gasteiger partial charge >= 0.3 is 0 Å². The largest absolute Gasteiger partial charge is 0.327 e. The first-order chi connectivity index (χ1) is 7.20. The molecule has 2 aliphatic rings. The SMILES string of the molecule is CCC1CN(C2CCN(C)C2)CCC1N. The molecule has 2 N–H and O–H groups in total. The van der Waals surface area contributed by atoms with E-state index in [1.54, 1.807) is 0 Å². The molecule has 0 spiro atoms. The molecular weight excluding hydrogens is 186 g/mol. The summed E-state index contributed by atoms with van der Waals surface area (Å²) in [6.45, 7) is 7.25. The number of piperidine rings is 1. The zero-order chi connectivity index (χ0) is 10.8. The molecule has 3 atom stereocenters. The average Bonchev–Trinajstić information content (AvgIpc) is 2.66. The highest BCUT2D eigenvalue weighted by atomic mass is 15.2. The van der Waals surface area contributed by atoms with E-state index in [4.69, 9.17) is 5.73 Å². The number of likely N-dealkylation sites (tertiary alicyclic amines) is 2. The molecule has 0 saturated carbocycles. The molecular formula is C12H25N3. The molecule has 0 aromatic rings.